The minimum Gasteiger partial charge on any atom is -0.383 e. The molecule has 2 aromatic heterocycles. The Morgan fingerprint density at radius 1 is 1.22 bits per heavy atom. The Morgan fingerprint density at radius 3 is 2.74 bits per heavy atom. The summed E-state index contributed by atoms with van der Waals surface area (Å²) in [5.41, 5.74) is 2.39. The number of aromatic nitrogens is 4. The lowest BCUT2D eigenvalue weighted by molar-refractivity contribution is 0.210. The van der Waals surface area contributed by atoms with E-state index in [4.69, 9.17) is 16.3 Å². The number of hydrogen-bond acceptors (Lipinski definition) is 5. The third-order valence-corrected chi connectivity index (χ3v) is 3.81. The number of nitrogens with one attached hydrogen (secondary N) is 1. The topological polar surface area (TPSA) is 64.9 Å². The van der Waals surface area contributed by atoms with Gasteiger partial charge in [-0.3, -0.25) is 0 Å². The molecule has 1 aromatic carbocycles. The van der Waals surface area contributed by atoms with Gasteiger partial charge in [-0.1, -0.05) is 23.7 Å². The number of fused-ring (bicyclic) bond motifs is 1. The molecule has 0 fully saturated rings. The highest BCUT2D eigenvalue weighted by atomic mass is 35.5. The second-order valence-electron chi connectivity index (χ2n) is 5.19. The number of hydrogen-bond donors (Lipinski definition) is 1. The molecular formula is C16H18ClN5O. The summed E-state index contributed by atoms with van der Waals surface area (Å²) in [5.74, 6) is 1.44. The van der Waals surface area contributed by atoms with Crippen molar-refractivity contribution in [3.05, 3.63) is 40.8 Å². The van der Waals surface area contributed by atoms with Crippen molar-refractivity contribution in [3.8, 4) is 5.69 Å². The first-order valence-electron chi connectivity index (χ1n) is 7.33. The van der Waals surface area contributed by atoms with Crippen LogP contribution in [-0.4, -0.2) is 40.0 Å². The summed E-state index contributed by atoms with van der Waals surface area (Å²) < 4.78 is 6.85. The van der Waals surface area contributed by atoms with Crippen LogP contribution in [0.5, 0.6) is 0 Å². The molecule has 0 bridgehead atoms. The van der Waals surface area contributed by atoms with Gasteiger partial charge >= 0.3 is 0 Å². The van der Waals surface area contributed by atoms with Crippen LogP contribution in [-0.2, 0) is 4.74 Å². The van der Waals surface area contributed by atoms with Gasteiger partial charge in [0.25, 0.3) is 0 Å². The van der Waals surface area contributed by atoms with E-state index in [1.807, 2.05) is 38.1 Å². The Labute approximate surface area is 139 Å². The average molecular weight is 332 g/mol. The molecule has 0 radical (unpaired) electrons. The second-order valence-corrected chi connectivity index (χ2v) is 5.59. The van der Waals surface area contributed by atoms with E-state index in [1.54, 1.807) is 11.8 Å². The maximum Gasteiger partial charge on any atom is 0.169 e. The van der Waals surface area contributed by atoms with Crippen LogP contribution in [0.4, 0.5) is 5.82 Å². The fraction of sp³-hybridized carbons (Fsp3) is 0.312. The van der Waals surface area contributed by atoms with Crippen LogP contribution in [0.2, 0.25) is 5.02 Å². The molecule has 0 atom stereocenters. The van der Waals surface area contributed by atoms with Crippen LogP contribution < -0.4 is 5.32 Å². The third-order valence-electron chi connectivity index (χ3n) is 3.49. The normalized spacial score (nSPS) is 11.1. The van der Waals surface area contributed by atoms with Crippen molar-refractivity contribution in [1.82, 2.24) is 19.7 Å². The lowest BCUT2D eigenvalue weighted by atomic mass is 10.3. The van der Waals surface area contributed by atoms with Crippen molar-refractivity contribution >= 4 is 28.5 Å². The SMILES string of the molecule is COCCNc1nc(C)nc2c1c(C)nn2-c1ccccc1Cl. The molecule has 0 aliphatic rings. The summed E-state index contributed by atoms with van der Waals surface area (Å²) in [6, 6.07) is 7.58. The van der Waals surface area contributed by atoms with Crippen LogP contribution in [0.1, 0.15) is 11.5 Å². The quantitative estimate of drug-likeness (QED) is 0.728. The zero-order chi connectivity index (χ0) is 16.4. The molecule has 0 unspecified atom stereocenters. The number of halogens is 1. The van der Waals surface area contributed by atoms with Gasteiger partial charge < -0.3 is 10.1 Å². The Morgan fingerprint density at radius 2 is 2.00 bits per heavy atom. The standard InChI is InChI=1S/C16H18ClN5O/c1-10-14-15(18-8-9-23-3)19-11(2)20-16(14)22(21-10)13-7-5-4-6-12(13)17/h4-7H,8-9H2,1-3H3,(H,18,19,20). The molecule has 7 heteroatoms. The maximum absolute atomic E-state index is 6.31. The van der Waals surface area contributed by atoms with Crippen LogP contribution in [0.15, 0.2) is 24.3 Å². The van der Waals surface area contributed by atoms with E-state index in [1.165, 1.54) is 0 Å². The summed E-state index contributed by atoms with van der Waals surface area (Å²) >= 11 is 6.31. The van der Waals surface area contributed by atoms with Crippen molar-refractivity contribution in [2.75, 3.05) is 25.6 Å². The van der Waals surface area contributed by atoms with Gasteiger partial charge in [-0.05, 0) is 26.0 Å². The molecule has 2 heterocycles. The fourth-order valence-corrected chi connectivity index (χ4v) is 2.70. The molecule has 0 spiro atoms. The summed E-state index contributed by atoms with van der Waals surface area (Å²) in [6.07, 6.45) is 0. The van der Waals surface area contributed by atoms with Gasteiger partial charge in [0.1, 0.15) is 11.6 Å². The number of aryl methyl sites for hydroxylation is 2. The number of methoxy groups -OCH3 is 1. The van der Waals surface area contributed by atoms with Crippen molar-refractivity contribution in [3.63, 3.8) is 0 Å². The number of nitrogens with zero attached hydrogens (tertiary/aromatic N) is 4. The minimum atomic E-state index is 0.599. The van der Waals surface area contributed by atoms with Crippen molar-refractivity contribution < 1.29 is 4.74 Å². The second kappa shape index (κ2) is 6.52. The summed E-state index contributed by atoms with van der Waals surface area (Å²) in [6.45, 7) is 5.07. The molecule has 0 amide bonds. The van der Waals surface area contributed by atoms with Crippen LogP contribution in [0.25, 0.3) is 16.7 Å². The number of benzene rings is 1. The van der Waals surface area contributed by atoms with Gasteiger partial charge in [-0.25, -0.2) is 14.6 Å². The molecule has 6 nitrogen and oxygen atoms in total. The molecule has 3 rings (SSSR count). The van der Waals surface area contributed by atoms with E-state index in [0.717, 1.165) is 28.2 Å². The molecular weight excluding hydrogens is 314 g/mol. The molecule has 0 saturated carbocycles. The predicted octanol–water partition coefficient (Wildman–Crippen LogP) is 3.14. The van der Waals surface area contributed by atoms with Crippen molar-refractivity contribution in [1.29, 1.82) is 0 Å². The van der Waals surface area contributed by atoms with Gasteiger partial charge in [0, 0.05) is 13.7 Å². The Bertz CT molecular complexity index is 846. The van der Waals surface area contributed by atoms with Crippen LogP contribution in [0, 0.1) is 13.8 Å². The van der Waals surface area contributed by atoms with Crippen molar-refractivity contribution in [2.24, 2.45) is 0 Å². The van der Waals surface area contributed by atoms with Gasteiger partial charge in [-0.2, -0.15) is 5.10 Å². The fourth-order valence-electron chi connectivity index (χ4n) is 2.48. The molecule has 1 N–H and O–H groups in total. The summed E-state index contributed by atoms with van der Waals surface area (Å²) in [7, 11) is 1.67. The van der Waals surface area contributed by atoms with Gasteiger partial charge in [-0.15, -0.1) is 0 Å². The van der Waals surface area contributed by atoms with E-state index in [9.17, 15) is 0 Å². The first-order chi connectivity index (χ1) is 11.1. The highest BCUT2D eigenvalue weighted by Crippen LogP contribution is 2.28. The molecule has 3 aromatic rings. The monoisotopic (exact) mass is 331 g/mol. The molecule has 120 valence electrons. The zero-order valence-electron chi connectivity index (χ0n) is 13.3. The minimum absolute atomic E-state index is 0.599. The third kappa shape index (κ3) is 3.00. The largest absolute Gasteiger partial charge is 0.383 e. The molecule has 0 aliphatic heterocycles. The number of ether oxygens (including phenoxy) is 1. The van der Waals surface area contributed by atoms with Gasteiger partial charge in [0.2, 0.25) is 0 Å². The van der Waals surface area contributed by atoms with Crippen LogP contribution in [0.3, 0.4) is 0 Å². The smallest absolute Gasteiger partial charge is 0.169 e. The van der Waals surface area contributed by atoms with Gasteiger partial charge in [0.15, 0.2) is 5.65 Å². The maximum atomic E-state index is 6.31. The predicted molar refractivity (Wildman–Crippen MR) is 91.5 cm³/mol. The lowest BCUT2D eigenvalue weighted by Crippen LogP contribution is -2.10. The number of anilines is 1. The summed E-state index contributed by atoms with van der Waals surface area (Å²) in [4.78, 5) is 9.06. The first-order valence-corrected chi connectivity index (χ1v) is 7.71. The van der Waals surface area contributed by atoms with E-state index in [2.05, 4.69) is 20.4 Å². The zero-order valence-corrected chi connectivity index (χ0v) is 14.1. The van der Waals surface area contributed by atoms with Crippen LogP contribution >= 0.6 is 11.6 Å². The number of para-hydroxylation sites is 1. The molecule has 0 saturated heterocycles. The van der Waals surface area contributed by atoms with E-state index in [0.29, 0.717) is 24.0 Å². The Hall–Kier alpha value is -2.18. The molecule has 23 heavy (non-hydrogen) atoms. The highest BCUT2D eigenvalue weighted by Gasteiger charge is 2.17. The number of rotatable bonds is 5. The van der Waals surface area contributed by atoms with E-state index in [-0.39, 0.29) is 0 Å². The first kappa shape index (κ1) is 15.7. The Balaban J connectivity index is 2.17. The van der Waals surface area contributed by atoms with E-state index < -0.39 is 0 Å². The average Bonchev–Trinajstić information content (AvgIpc) is 2.84. The van der Waals surface area contributed by atoms with Gasteiger partial charge in [0.05, 0.1) is 28.4 Å². The molecule has 0 aliphatic carbocycles. The van der Waals surface area contributed by atoms with Crippen molar-refractivity contribution in [2.45, 2.75) is 13.8 Å². The highest BCUT2D eigenvalue weighted by molar-refractivity contribution is 6.32. The lowest BCUT2D eigenvalue weighted by Gasteiger charge is -2.09. The summed E-state index contributed by atoms with van der Waals surface area (Å²) in [5, 5.41) is 9.42. The Kier molecular flexibility index (Phi) is 4.45. The van der Waals surface area contributed by atoms with E-state index >= 15 is 0 Å².